The average Bonchev–Trinajstić information content (AvgIpc) is 2.76. The van der Waals surface area contributed by atoms with Crippen LogP contribution >= 0.6 is 11.3 Å². The summed E-state index contributed by atoms with van der Waals surface area (Å²) in [5.74, 6) is 0.568. The van der Waals surface area contributed by atoms with Crippen molar-refractivity contribution in [2.24, 2.45) is 5.92 Å². The molecule has 0 spiro atoms. The third-order valence-electron chi connectivity index (χ3n) is 3.05. The maximum Gasteiger partial charge on any atom is 0.273 e. The maximum absolute atomic E-state index is 12.1. The fourth-order valence-corrected chi connectivity index (χ4v) is 2.62. The molecule has 17 heavy (non-hydrogen) atoms. The van der Waals surface area contributed by atoms with E-state index < -0.39 is 0 Å². The Kier molecular flexibility index (Phi) is 3.96. The molecule has 1 aliphatic heterocycles. The molecule has 0 saturated carbocycles. The van der Waals surface area contributed by atoms with Crippen LogP contribution in [-0.2, 0) is 4.74 Å². The van der Waals surface area contributed by atoms with Crippen LogP contribution in [0.4, 0.5) is 5.13 Å². The summed E-state index contributed by atoms with van der Waals surface area (Å²) in [6.45, 7) is 2.35. The molecule has 1 fully saturated rings. The van der Waals surface area contributed by atoms with Crippen molar-refractivity contribution >= 4 is 22.4 Å². The Morgan fingerprint density at radius 2 is 2.35 bits per heavy atom. The number of hydrogen-bond donors (Lipinski definition) is 1. The SMILES string of the molecule is COCC1CCN(C(=O)c2csc(N)n2)CC1. The molecule has 2 N–H and O–H groups in total. The van der Waals surface area contributed by atoms with Crippen LogP contribution in [0.3, 0.4) is 0 Å². The molecule has 0 bridgehead atoms. The average molecular weight is 255 g/mol. The number of thiazole rings is 1. The van der Waals surface area contributed by atoms with Crippen molar-refractivity contribution in [3.05, 3.63) is 11.1 Å². The van der Waals surface area contributed by atoms with Crippen molar-refractivity contribution < 1.29 is 9.53 Å². The largest absolute Gasteiger partial charge is 0.384 e. The minimum atomic E-state index is -0.00573. The van der Waals surface area contributed by atoms with Gasteiger partial charge in [-0.15, -0.1) is 11.3 Å². The van der Waals surface area contributed by atoms with E-state index in [4.69, 9.17) is 10.5 Å². The lowest BCUT2D eigenvalue weighted by molar-refractivity contribution is 0.0609. The number of anilines is 1. The van der Waals surface area contributed by atoms with Gasteiger partial charge in [-0.2, -0.15) is 0 Å². The normalized spacial score (nSPS) is 17.4. The first kappa shape index (κ1) is 12.3. The van der Waals surface area contributed by atoms with Gasteiger partial charge in [0.2, 0.25) is 0 Å². The second-order valence-electron chi connectivity index (χ2n) is 4.26. The van der Waals surface area contributed by atoms with Gasteiger partial charge in [-0.1, -0.05) is 0 Å². The Hall–Kier alpha value is -1.14. The van der Waals surface area contributed by atoms with Gasteiger partial charge in [0.1, 0.15) is 5.69 Å². The Labute approximate surface area is 105 Å². The number of rotatable bonds is 3. The molecule has 1 amide bonds. The standard InChI is InChI=1S/C11H17N3O2S/c1-16-6-8-2-4-14(5-3-8)10(15)9-7-17-11(12)13-9/h7-8H,2-6H2,1H3,(H2,12,13). The highest BCUT2D eigenvalue weighted by Crippen LogP contribution is 2.20. The minimum absolute atomic E-state index is 0.00573. The molecule has 94 valence electrons. The van der Waals surface area contributed by atoms with Crippen molar-refractivity contribution in [3.8, 4) is 0 Å². The highest BCUT2D eigenvalue weighted by atomic mass is 32.1. The topological polar surface area (TPSA) is 68.5 Å². The van der Waals surface area contributed by atoms with E-state index in [0.29, 0.717) is 16.7 Å². The van der Waals surface area contributed by atoms with E-state index in [1.54, 1.807) is 12.5 Å². The van der Waals surface area contributed by atoms with Gasteiger partial charge in [0.15, 0.2) is 5.13 Å². The Balaban J connectivity index is 1.90. The van der Waals surface area contributed by atoms with Gasteiger partial charge in [0.05, 0.1) is 0 Å². The quantitative estimate of drug-likeness (QED) is 0.882. The highest BCUT2D eigenvalue weighted by Gasteiger charge is 2.24. The van der Waals surface area contributed by atoms with Crippen molar-refractivity contribution in [3.63, 3.8) is 0 Å². The van der Waals surface area contributed by atoms with Gasteiger partial charge in [-0.3, -0.25) is 4.79 Å². The molecule has 1 aliphatic rings. The lowest BCUT2D eigenvalue weighted by atomic mass is 9.98. The fraction of sp³-hybridized carbons (Fsp3) is 0.636. The first-order valence-corrected chi connectivity index (χ1v) is 6.58. The molecular formula is C11H17N3O2S. The van der Waals surface area contributed by atoms with E-state index in [1.165, 1.54) is 11.3 Å². The van der Waals surface area contributed by atoms with Gasteiger partial charge in [-0.25, -0.2) is 4.98 Å². The second-order valence-corrected chi connectivity index (χ2v) is 5.15. The zero-order valence-corrected chi connectivity index (χ0v) is 10.7. The Morgan fingerprint density at radius 3 is 2.88 bits per heavy atom. The second kappa shape index (κ2) is 5.46. The van der Waals surface area contributed by atoms with Crippen LogP contribution in [0, 0.1) is 5.92 Å². The molecule has 2 heterocycles. The van der Waals surface area contributed by atoms with Crippen molar-refractivity contribution in [1.29, 1.82) is 0 Å². The number of carbonyl (C=O) groups is 1. The molecule has 0 unspecified atom stereocenters. The molecule has 6 heteroatoms. The van der Waals surface area contributed by atoms with Gasteiger partial charge in [0, 0.05) is 32.2 Å². The van der Waals surface area contributed by atoms with E-state index in [0.717, 1.165) is 32.5 Å². The van der Waals surface area contributed by atoms with Crippen LogP contribution in [-0.4, -0.2) is 42.6 Å². The predicted molar refractivity (Wildman–Crippen MR) is 67.0 cm³/mol. The smallest absolute Gasteiger partial charge is 0.273 e. The molecule has 1 saturated heterocycles. The number of nitrogens with zero attached hydrogens (tertiary/aromatic N) is 2. The minimum Gasteiger partial charge on any atom is -0.384 e. The van der Waals surface area contributed by atoms with Crippen molar-refractivity contribution in [2.75, 3.05) is 32.5 Å². The summed E-state index contributed by atoms with van der Waals surface area (Å²) in [5.41, 5.74) is 6.00. The molecule has 1 aromatic heterocycles. The summed E-state index contributed by atoms with van der Waals surface area (Å²) >= 11 is 1.30. The molecule has 0 radical (unpaired) electrons. The van der Waals surface area contributed by atoms with Crippen LogP contribution < -0.4 is 5.73 Å². The summed E-state index contributed by atoms with van der Waals surface area (Å²) in [6, 6.07) is 0. The molecule has 0 aromatic carbocycles. The first-order valence-electron chi connectivity index (χ1n) is 5.70. The summed E-state index contributed by atoms with van der Waals surface area (Å²) in [6.07, 6.45) is 2.00. The fourth-order valence-electron chi connectivity index (χ4n) is 2.09. The number of nitrogen functional groups attached to an aromatic ring is 1. The number of aromatic nitrogens is 1. The van der Waals surface area contributed by atoms with Crippen LogP contribution in [0.5, 0.6) is 0 Å². The van der Waals surface area contributed by atoms with Crippen molar-refractivity contribution in [1.82, 2.24) is 9.88 Å². The lowest BCUT2D eigenvalue weighted by Crippen LogP contribution is -2.39. The monoisotopic (exact) mass is 255 g/mol. The number of carbonyl (C=O) groups excluding carboxylic acids is 1. The van der Waals surface area contributed by atoms with E-state index in [2.05, 4.69) is 4.98 Å². The lowest BCUT2D eigenvalue weighted by Gasteiger charge is -2.31. The number of ether oxygens (including phenoxy) is 1. The van der Waals surface area contributed by atoms with Gasteiger partial charge < -0.3 is 15.4 Å². The number of amides is 1. The molecular weight excluding hydrogens is 238 g/mol. The molecule has 5 nitrogen and oxygen atoms in total. The van der Waals surface area contributed by atoms with E-state index in [9.17, 15) is 4.79 Å². The van der Waals surface area contributed by atoms with Gasteiger partial charge in [0.25, 0.3) is 5.91 Å². The van der Waals surface area contributed by atoms with Crippen LogP contribution in [0.1, 0.15) is 23.3 Å². The molecule has 0 atom stereocenters. The number of nitrogens with two attached hydrogens (primary N) is 1. The Morgan fingerprint density at radius 1 is 1.65 bits per heavy atom. The summed E-state index contributed by atoms with van der Waals surface area (Å²) in [4.78, 5) is 17.9. The predicted octanol–water partition coefficient (Wildman–Crippen LogP) is 1.22. The van der Waals surface area contributed by atoms with Crippen molar-refractivity contribution in [2.45, 2.75) is 12.8 Å². The van der Waals surface area contributed by atoms with Gasteiger partial charge >= 0.3 is 0 Å². The maximum atomic E-state index is 12.1. The Bertz CT molecular complexity index is 386. The molecule has 1 aromatic rings. The van der Waals surface area contributed by atoms with E-state index in [-0.39, 0.29) is 5.91 Å². The van der Waals surface area contributed by atoms with Crippen LogP contribution in [0.2, 0.25) is 0 Å². The third-order valence-corrected chi connectivity index (χ3v) is 3.72. The summed E-state index contributed by atoms with van der Waals surface area (Å²) < 4.78 is 5.13. The molecule has 2 rings (SSSR count). The van der Waals surface area contributed by atoms with Gasteiger partial charge in [-0.05, 0) is 18.8 Å². The van der Waals surface area contributed by atoms with Crippen LogP contribution in [0.25, 0.3) is 0 Å². The number of methoxy groups -OCH3 is 1. The zero-order chi connectivity index (χ0) is 12.3. The summed E-state index contributed by atoms with van der Waals surface area (Å²) in [7, 11) is 1.72. The van der Waals surface area contributed by atoms with E-state index >= 15 is 0 Å². The molecule has 0 aliphatic carbocycles. The first-order chi connectivity index (χ1) is 8.20. The number of hydrogen-bond acceptors (Lipinski definition) is 5. The zero-order valence-electron chi connectivity index (χ0n) is 9.89. The number of piperidine rings is 1. The van der Waals surface area contributed by atoms with E-state index in [1.807, 2.05) is 4.90 Å². The number of likely N-dealkylation sites (tertiary alicyclic amines) is 1. The highest BCUT2D eigenvalue weighted by molar-refractivity contribution is 7.13. The summed E-state index contributed by atoms with van der Waals surface area (Å²) in [5, 5.41) is 2.17. The van der Waals surface area contributed by atoms with Crippen LogP contribution in [0.15, 0.2) is 5.38 Å². The third kappa shape index (κ3) is 2.95.